The molecule has 0 saturated carbocycles. The summed E-state index contributed by atoms with van der Waals surface area (Å²) in [5, 5.41) is 0. The molecule has 1 aliphatic heterocycles. The molecule has 0 atom stereocenters. The number of nitrogens with two attached hydrogens (primary N) is 1. The van der Waals surface area contributed by atoms with Gasteiger partial charge in [-0.25, -0.2) is 0 Å². The molecule has 21 heavy (non-hydrogen) atoms. The Bertz CT molecular complexity index is 483. The molecule has 1 fully saturated rings. The van der Waals surface area contributed by atoms with E-state index in [1.165, 1.54) is 0 Å². The second-order valence-corrected chi connectivity index (χ2v) is 4.97. The smallest absolute Gasteiger partial charge is 0.246 e. The van der Waals surface area contributed by atoms with E-state index in [4.69, 9.17) is 10.5 Å². The van der Waals surface area contributed by atoms with Crippen molar-refractivity contribution in [2.24, 2.45) is 5.73 Å². The number of piperidine rings is 1. The lowest BCUT2D eigenvalue weighted by Gasteiger charge is -2.29. The summed E-state index contributed by atoms with van der Waals surface area (Å²) in [6.45, 7) is 4.06. The molecule has 116 valence electrons. The van der Waals surface area contributed by atoms with Gasteiger partial charge in [0.25, 0.3) is 0 Å². The van der Waals surface area contributed by atoms with E-state index in [0.717, 1.165) is 37.2 Å². The molecule has 1 aromatic carbocycles. The van der Waals surface area contributed by atoms with E-state index in [9.17, 15) is 4.79 Å². The molecule has 1 aromatic rings. The molecule has 0 spiro atoms. The maximum Gasteiger partial charge on any atom is 0.246 e. The van der Waals surface area contributed by atoms with Crippen LogP contribution >= 0.6 is 12.4 Å². The number of nitrogens with zero attached hydrogens (tertiary/aromatic N) is 1. The third kappa shape index (κ3) is 5.06. The van der Waals surface area contributed by atoms with Crippen molar-refractivity contribution in [1.29, 1.82) is 0 Å². The maximum atomic E-state index is 12.1. The first-order valence-electron chi connectivity index (χ1n) is 7.15. The van der Waals surface area contributed by atoms with Gasteiger partial charge in [0.1, 0.15) is 5.75 Å². The zero-order chi connectivity index (χ0) is 14.4. The highest BCUT2D eigenvalue weighted by Crippen LogP contribution is 2.19. The molecule has 0 radical (unpaired) electrons. The minimum atomic E-state index is 0. The van der Waals surface area contributed by atoms with Crippen LogP contribution in [0.15, 0.2) is 30.3 Å². The van der Waals surface area contributed by atoms with Crippen molar-refractivity contribution >= 4 is 24.4 Å². The molecule has 1 amide bonds. The van der Waals surface area contributed by atoms with Gasteiger partial charge in [-0.2, -0.15) is 0 Å². The predicted octanol–water partition coefficient (Wildman–Crippen LogP) is 2.47. The van der Waals surface area contributed by atoms with Crippen LogP contribution in [0.25, 0.3) is 6.08 Å². The first-order valence-corrected chi connectivity index (χ1v) is 7.15. The van der Waals surface area contributed by atoms with E-state index in [2.05, 4.69) is 0 Å². The molecule has 5 heteroatoms. The van der Waals surface area contributed by atoms with E-state index in [-0.39, 0.29) is 24.4 Å². The lowest BCUT2D eigenvalue weighted by Crippen LogP contribution is -2.42. The molecule has 0 aromatic heterocycles. The number of rotatable bonds is 4. The van der Waals surface area contributed by atoms with Gasteiger partial charge < -0.3 is 15.4 Å². The molecule has 0 bridgehead atoms. The number of carbonyl (C=O) groups is 1. The third-order valence-electron chi connectivity index (χ3n) is 3.48. The Morgan fingerprint density at radius 3 is 2.71 bits per heavy atom. The van der Waals surface area contributed by atoms with Crippen LogP contribution in [-0.4, -0.2) is 36.5 Å². The lowest BCUT2D eigenvalue weighted by molar-refractivity contribution is -0.126. The zero-order valence-corrected chi connectivity index (χ0v) is 13.1. The predicted molar refractivity (Wildman–Crippen MR) is 87.7 cm³/mol. The fourth-order valence-electron chi connectivity index (χ4n) is 2.29. The highest BCUT2D eigenvalue weighted by atomic mass is 35.5. The number of benzene rings is 1. The first-order chi connectivity index (χ1) is 9.70. The molecule has 0 aliphatic carbocycles. The molecular formula is C16H23ClN2O2. The second kappa shape index (κ2) is 8.70. The van der Waals surface area contributed by atoms with Gasteiger partial charge in [-0.15, -0.1) is 12.4 Å². The lowest BCUT2D eigenvalue weighted by atomic mass is 10.1. The van der Waals surface area contributed by atoms with E-state index in [0.29, 0.717) is 6.61 Å². The zero-order valence-electron chi connectivity index (χ0n) is 12.3. The Morgan fingerprint density at radius 2 is 2.05 bits per heavy atom. The van der Waals surface area contributed by atoms with Crippen molar-refractivity contribution in [2.45, 2.75) is 25.8 Å². The summed E-state index contributed by atoms with van der Waals surface area (Å²) in [4.78, 5) is 14.0. The Hall–Kier alpha value is -1.52. The molecule has 1 saturated heterocycles. The molecule has 2 N–H and O–H groups in total. The van der Waals surface area contributed by atoms with Crippen molar-refractivity contribution in [2.75, 3.05) is 19.7 Å². The summed E-state index contributed by atoms with van der Waals surface area (Å²) in [6.07, 6.45) is 5.21. The highest BCUT2D eigenvalue weighted by molar-refractivity contribution is 5.92. The Kier molecular flexibility index (Phi) is 7.26. The van der Waals surface area contributed by atoms with Gasteiger partial charge in [-0.3, -0.25) is 4.79 Å². The number of carbonyl (C=O) groups excluding carboxylic acids is 1. The van der Waals surface area contributed by atoms with Crippen LogP contribution < -0.4 is 10.5 Å². The van der Waals surface area contributed by atoms with Crippen LogP contribution in [0.5, 0.6) is 5.75 Å². The van der Waals surface area contributed by atoms with Crippen molar-refractivity contribution in [1.82, 2.24) is 4.90 Å². The van der Waals surface area contributed by atoms with E-state index >= 15 is 0 Å². The number of para-hydroxylation sites is 1. The summed E-state index contributed by atoms with van der Waals surface area (Å²) in [7, 11) is 0. The topological polar surface area (TPSA) is 55.6 Å². The minimum Gasteiger partial charge on any atom is -0.493 e. The second-order valence-electron chi connectivity index (χ2n) is 4.97. The maximum absolute atomic E-state index is 12.1. The molecule has 0 unspecified atom stereocenters. The van der Waals surface area contributed by atoms with Crippen LogP contribution in [0.1, 0.15) is 25.3 Å². The van der Waals surface area contributed by atoms with Crippen molar-refractivity contribution in [3.8, 4) is 5.75 Å². The van der Waals surface area contributed by atoms with Crippen LogP contribution in [-0.2, 0) is 4.79 Å². The minimum absolute atomic E-state index is 0. The summed E-state index contributed by atoms with van der Waals surface area (Å²) in [5.41, 5.74) is 6.77. The van der Waals surface area contributed by atoms with Gasteiger partial charge in [-0.05, 0) is 31.9 Å². The third-order valence-corrected chi connectivity index (χ3v) is 3.48. The molecular weight excluding hydrogens is 288 g/mol. The molecule has 2 rings (SSSR count). The Balaban J connectivity index is 0.00000220. The molecule has 1 heterocycles. The average molecular weight is 311 g/mol. The fraction of sp³-hybridized carbons (Fsp3) is 0.438. The number of halogens is 1. The number of likely N-dealkylation sites (tertiary alicyclic amines) is 1. The van der Waals surface area contributed by atoms with Gasteiger partial charge in [-0.1, -0.05) is 18.2 Å². The SMILES string of the molecule is CCOc1ccccc1/C=C/C(=O)N1CCC(N)CC1.Cl. The quantitative estimate of drug-likeness (QED) is 0.869. The molecule has 1 aliphatic rings. The summed E-state index contributed by atoms with van der Waals surface area (Å²) < 4.78 is 5.54. The van der Waals surface area contributed by atoms with Crippen molar-refractivity contribution in [3.63, 3.8) is 0 Å². The standard InChI is InChI=1S/C16H22N2O2.ClH/c1-2-20-15-6-4-3-5-13(15)7-8-16(19)18-11-9-14(17)10-12-18;/h3-8,14H,2,9-12,17H2,1H3;1H/b8-7+;. The monoisotopic (exact) mass is 310 g/mol. The van der Waals surface area contributed by atoms with Crippen LogP contribution in [0.2, 0.25) is 0 Å². The van der Waals surface area contributed by atoms with Crippen molar-refractivity contribution in [3.05, 3.63) is 35.9 Å². The average Bonchev–Trinajstić information content (AvgIpc) is 2.47. The van der Waals surface area contributed by atoms with Gasteiger partial charge in [0.15, 0.2) is 0 Å². The Morgan fingerprint density at radius 1 is 1.38 bits per heavy atom. The number of amides is 1. The summed E-state index contributed by atoms with van der Waals surface area (Å²) >= 11 is 0. The van der Waals surface area contributed by atoms with E-state index in [1.807, 2.05) is 42.2 Å². The van der Waals surface area contributed by atoms with Crippen LogP contribution in [0.4, 0.5) is 0 Å². The first kappa shape index (κ1) is 17.5. The number of hydrogen-bond donors (Lipinski definition) is 1. The van der Waals surface area contributed by atoms with Gasteiger partial charge in [0, 0.05) is 30.8 Å². The van der Waals surface area contributed by atoms with Crippen molar-refractivity contribution < 1.29 is 9.53 Å². The summed E-state index contributed by atoms with van der Waals surface area (Å²) in [6, 6.07) is 7.96. The van der Waals surface area contributed by atoms with Gasteiger partial charge >= 0.3 is 0 Å². The Labute approximate surface area is 132 Å². The number of hydrogen-bond acceptors (Lipinski definition) is 3. The normalized spacial score (nSPS) is 15.8. The fourth-order valence-corrected chi connectivity index (χ4v) is 2.29. The van der Waals surface area contributed by atoms with Crippen LogP contribution in [0, 0.1) is 0 Å². The van der Waals surface area contributed by atoms with Gasteiger partial charge in [0.05, 0.1) is 6.61 Å². The van der Waals surface area contributed by atoms with Crippen LogP contribution in [0.3, 0.4) is 0 Å². The molecule has 4 nitrogen and oxygen atoms in total. The number of ether oxygens (including phenoxy) is 1. The largest absolute Gasteiger partial charge is 0.493 e. The highest BCUT2D eigenvalue weighted by Gasteiger charge is 2.18. The van der Waals surface area contributed by atoms with E-state index < -0.39 is 0 Å². The van der Waals surface area contributed by atoms with Gasteiger partial charge in [0.2, 0.25) is 5.91 Å². The van der Waals surface area contributed by atoms with E-state index in [1.54, 1.807) is 6.08 Å². The summed E-state index contributed by atoms with van der Waals surface area (Å²) in [5.74, 6) is 0.850.